The maximum Gasteiger partial charge on any atom is 0.333 e. The molecule has 0 radical (unpaired) electrons. The van der Waals surface area contributed by atoms with Crippen LogP contribution in [0.2, 0.25) is 0 Å². The van der Waals surface area contributed by atoms with Gasteiger partial charge in [-0.25, -0.2) is 9.78 Å². The average Bonchev–Trinajstić information content (AvgIpc) is 2.96. The Labute approximate surface area is 148 Å². The van der Waals surface area contributed by atoms with E-state index in [4.69, 9.17) is 10.5 Å². The van der Waals surface area contributed by atoms with E-state index in [1.807, 2.05) is 37.5 Å². The van der Waals surface area contributed by atoms with Crippen LogP contribution in [0.1, 0.15) is 50.9 Å². The third kappa shape index (κ3) is 6.64. The highest BCUT2D eigenvalue weighted by Crippen LogP contribution is 2.23. The first kappa shape index (κ1) is 20.1. The number of allylic oxidation sites excluding steroid dienone is 4. The molecular weight excluding hydrogens is 320 g/mol. The van der Waals surface area contributed by atoms with Crippen molar-refractivity contribution in [1.29, 1.82) is 0 Å². The lowest BCUT2D eigenvalue weighted by Gasteiger charge is -2.07. The number of carbonyl (C=O) groups excluding carboxylic acids is 1. The van der Waals surface area contributed by atoms with Gasteiger partial charge in [0.15, 0.2) is 0 Å². The van der Waals surface area contributed by atoms with Gasteiger partial charge in [0.25, 0.3) is 0 Å². The molecule has 130 valence electrons. The molecule has 24 heavy (non-hydrogen) atoms. The Kier molecular flexibility index (Phi) is 8.36. The van der Waals surface area contributed by atoms with E-state index < -0.39 is 0 Å². The van der Waals surface area contributed by atoms with Crippen LogP contribution in [0.25, 0.3) is 6.08 Å². The first-order valence-electron chi connectivity index (χ1n) is 7.92. The minimum atomic E-state index is -0.297. The number of nitrogens with zero attached hydrogens (tertiary/aromatic N) is 1. The molecule has 1 rings (SSSR count). The van der Waals surface area contributed by atoms with Crippen LogP contribution >= 0.6 is 11.3 Å². The van der Waals surface area contributed by atoms with E-state index in [9.17, 15) is 4.79 Å². The second-order valence-electron chi connectivity index (χ2n) is 5.52. The van der Waals surface area contributed by atoms with E-state index in [0.29, 0.717) is 18.6 Å². The van der Waals surface area contributed by atoms with Gasteiger partial charge in [-0.3, -0.25) is 0 Å². The molecule has 1 unspecified atom stereocenters. The molecule has 0 saturated heterocycles. The largest absolute Gasteiger partial charge is 0.463 e. The minimum Gasteiger partial charge on any atom is -0.463 e. The van der Waals surface area contributed by atoms with Gasteiger partial charge in [-0.2, -0.15) is 0 Å². The number of esters is 1. The topological polar surface area (TPSA) is 65.2 Å². The molecule has 0 bridgehead atoms. The molecule has 1 atom stereocenters. The van der Waals surface area contributed by atoms with Gasteiger partial charge < -0.3 is 10.5 Å². The van der Waals surface area contributed by atoms with E-state index in [0.717, 1.165) is 21.8 Å². The smallest absolute Gasteiger partial charge is 0.333 e. The fourth-order valence-corrected chi connectivity index (χ4v) is 2.91. The summed E-state index contributed by atoms with van der Waals surface area (Å²) in [5.41, 5.74) is 9.52. The van der Waals surface area contributed by atoms with Gasteiger partial charge in [-0.1, -0.05) is 24.3 Å². The molecule has 1 heterocycles. The zero-order valence-corrected chi connectivity index (χ0v) is 15.7. The number of thiazole rings is 1. The number of carbonyl (C=O) groups is 1. The predicted molar refractivity (Wildman–Crippen MR) is 102 cm³/mol. The summed E-state index contributed by atoms with van der Waals surface area (Å²) < 4.78 is 4.97. The molecule has 0 spiro atoms. The zero-order chi connectivity index (χ0) is 18.1. The highest BCUT2D eigenvalue weighted by Gasteiger charge is 2.11. The van der Waals surface area contributed by atoms with Crippen molar-refractivity contribution in [3.05, 3.63) is 57.6 Å². The number of aromatic nitrogens is 1. The first-order chi connectivity index (χ1) is 11.4. The molecule has 1 aromatic heterocycles. The molecular formula is C19H26N2O2S. The molecule has 1 aromatic rings. The SMILES string of the molecule is C=C(/C=C\C)CC(N)c1nc(/C=C(C)/C=C(/C)C(=O)OCC)cs1. The van der Waals surface area contributed by atoms with Crippen molar-refractivity contribution in [2.24, 2.45) is 5.73 Å². The van der Waals surface area contributed by atoms with E-state index >= 15 is 0 Å². The summed E-state index contributed by atoms with van der Waals surface area (Å²) in [6.07, 6.45) is 8.32. The molecule has 0 aromatic carbocycles. The molecule has 0 saturated carbocycles. The number of rotatable bonds is 8. The second kappa shape index (κ2) is 10.0. The third-order valence-corrected chi connectivity index (χ3v) is 4.15. The van der Waals surface area contributed by atoms with Crippen molar-refractivity contribution in [2.45, 2.75) is 40.2 Å². The summed E-state index contributed by atoms with van der Waals surface area (Å²) in [4.78, 5) is 16.2. The number of ether oxygens (including phenoxy) is 1. The van der Waals surface area contributed by atoms with Crippen LogP contribution in [0, 0.1) is 0 Å². The molecule has 0 amide bonds. The van der Waals surface area contributed by atoms with Gasteiger partial charge >= 0.3 is 5.97 Å². The van der Waals surface area contributed by atoms with E-state index in [2.05, 4.69) is 11.6 Å². The Hall–Kier alpha value is -1.98. The molecule has 0 fully saturated rings. The minimum absolute atomic E-state index is 0.155. The Morgan fingerprint density at radius 3 is 2.83 bits per heavy atom. The van der Waals surface area contributed by atoms with Gasteiger partial charge in [0.2, 0.25) is 0 Å². The maximum absolute atomic E-state index is 11.6. The number of nitrogens with two attached hydrogens (primary N) is 1. The summed E-state index contributed by atoms with van der Waals surface area (Å²) in [7, 11) is 0. The first-order valence-corrected chi connectivity index (χ1v) is 8.80. The van der Waals surface area contributed by atoms with Crippen LogP contribution in [0.15, 0.2) is 46.9 Å². The zero-order valence-electron chi connectivity index (χ0n) is 14.8. The van der Waals surface area contributed by atoms with Crippen molar-refractivity contribution in [3.8, 4) is 0 Å². The Morgan fingerprint density at radius 1 is 1.50 bits per heavy atom. The third-order valence-electron chi connectivity index (χ3n) is 3.16. The number of hydrogen-bond acceptors (Lipinski definition) is 5. The molecule has 2 N–H and O–H groups in total. The van der Waals surface area contributed by atoms with Crippen molar-refractivity contribution >= 4 is 23.4 Å². The van der Waals surface area contributed by atoms with Gasteiger partial charge in [0.1, 0.15) is 5.01 Å². The summed E-state index contributed by atoms with van der Waals surface area (Å²) in [5.74, 6) is -0.297. The molecule has 0 aliphatic heterocycles. The summed E-state index contributed by atoms with van der Waals surface area (Å²) in [6, 6.07) is -0.155. The average molecular weight is 346 g/mol. The van der Waals surface area contributed by atoms with Crippen molar-refractivity contribution in [1.82, 2.24) is 4.98 Å². The van der Waals surface area contributed by atoms with Crippen LogP contribution in [0.3, 0.4) is 0 Å². The summed E-state index contributed by atoms with van der Waals surface area (Å²) >= 11 is 1.53. The standard InChI is InChI=1S/C19H26N2O2S/c1-6-8-13(3)11-17(20)18-21-16(12-24-18)10-14(4)9-15(5)19(22)23-7-2/h6,8-10,12,17H,3,7,11,20H2,1-2,4-5H3/b8-6-,14-10+,15-9-. The normalized spacial score (nSPS) is 14.0. The van der Waals surface area contributed by atoms with Crippen molar-refractivity contribution in [2.75, 3.05) is 6.61 Å². The monoisotopic (exact) mass is 346 g/mol. The fourth-order valence-electron chi connectivity index (χ4n) is 2.13. The molecule has 0 aliphatic carbocycles. The quantitative estimate of drug-likeness (QED) is 0.425. The Balaban J connectivity index is 2.79. The van der Waals surface area contributed by atoms with Gasteiger partial charge in [-0.05, 0) is 51.8 Å². The lowest BCUT2D eigenvalue weighted by Crippen LogP contribution is -2.10. The predicted octanol–water partition coefficient (Wildman–Crippen LogP) is 4.58. The molecule has 4 nitrogen and oxygen atoms in total. The second-order valence-corrected chi connectivity index (χ2v) is 6.41. The van der Waals surface area contributed by atoms with Crippen LogP contribution in [0.4, 0.5) is 0 Å². The van der Waals surface area contributed by atoms with Crippen molar-refractivity contribution in [3.63, 3.8) is 0 Å². The summed E-state index contributed by atoms with van der Waals surface area (Å²) in [5, 5.41) is 2.84. The van der Waals surface area contributed by atoms with E-state index in [1.165, 1.54) is 11.3 Å². The van der Waals surface area contributed by atoms with Crippen LogP contribution in [-0.4, -0.2) is 17.6 Å². The maximum atomic E-state index is 11.6. The Morgan fingerprint density at radius 2 is 2.21 bits per heavy atom. The molecule has 5 heteroatoms. The fraction of sp³-hybridized carbons (Fsp3) is 0.368. The molecule has 0 aliphatic rings. The van der Waals surface area contributed by atoms with Crippen molar-refractivity contribution < 1.29 is 9.53 Å². The lowest BCUT2D eigenvalue weighted by atomic mass is 10.1. The van der Waals surface area contributed by atoms with Crippen LogP contribution < -0.4 is 5.73 Å². The van der Waals surface area contributed by atoms with E-state index in [-0.39, 0.29) is 12.0 Å². The summed E-state index contributed by atoms with van der Waals surface area (Å²) in [6.45, 7) is 11.8. The van der Waals surface area contributed by atoms with Crippen LogP contribution in [-0.2, 0) is 9.53 Å². The van der Waals surface area contributed by atoms with Gasteiger partial charge in [0.05, 0.1) is 18.3 Å². The van der Waals surface area contributed by atoms with Crippen LogP contribution in [0.5, 0.6) is 0 Å². The van der Waals surface area contributed by atoms with E-state index in [1.54, 1.807) is 19.9 Å². The lowest BCUT2D eigenvalue weighted by molar-refractivity contribution is -0.138. The van der Waals surface area contributed by atoms with Gasteiger partial charge in [-0.15, -0.1) is 11.3 Å². The Bertz CT molecular complexity index is 669. The number of hydrogen-bond donors (Lipinski definition) is 1. The highest BCUT2D eigenvalue weighted by molar-refractivity contribution is 7.09. The van der Waals surface area contributed by atoms with Gasteiger partial charge in [0, 0.05) is 11.0 Å². The highest BCUT2D eigenvalue weighted by atomic mass is 32.1.